The van der Waals surface area contributed by atoms with Gasteiger partial charge in [-0.05, 0) is 48.8 Å². The number of allylic oxidation sites excluding steroid dienone is 4. The molecule has 0 bridgehead atoms. The van der Waals surface area contributed by atoms with Gasteiger partial charge in [0.15, 0.2) is 18.2 Å². The molecule has 2 N–H and O–H groups in total. The maximum absolute atomic E-state index is 13.7. The molecule has 1 aromatic rings. The van der Waals surface area contributed by atoms with E-state index in [0.717, 1.165) is 24.2 Å². The molecule has 182 valence electrons. The summed E-state index contributed by atoms with van der Waals surface area (Å²) in [6.45, 7) is 10.9. The van der Waals surface area contributed by atoms with E-state index in [9.17, 15) is 14.4 Å². The summed E-state index contributed by atoms with van der Waals surface area (Å²) in [5, 5.41) is 0.468. The number of halogens is 1. The molecule has 0 aromatic heterocycles. The minimum Gasteiger partial charge on any atom is -0.483 e. The summed E-state index contributed by atoms with van der Waals surface area (Å²) in [6.07, 6.45) is 2.28. The fourth-order valence-corrected chi connectivity index (χ4v) is 5.95. The van der Waals surface area contributed by atoms with Crippen LogP contribution in [-0.4, -0.2) is 35.5 Å². The van der Waals surface area contributed by atoms with Gasteiger partial charge in [0.05, 0.1) is 0 Å². The second kappa shape index (κ2) is 8.56. The predicted octanol–water partition coefficient (Wildman–Crippen LogP) is 4.91. The summed E-state index contributed by atoms with van der Waals surface area (Å²) in [6, 6.07) is 5.10. The Hall–Kier alpha value is -2.60. The van der Waals surface area contributed by atoms with Gasteiger partial charge in [0.1, 0.15) is 5.75 Å². The van der Waals surface area contributed by atoms with E-state index in [2.05, 4.69) is 39.5 Å². The van der Waals surface area contributed by atoms with E-state index in [-0.39, 0.29) is 29.0 Å². The Morgan fingerprint density at radius 2 is 1.56 bits per heavy atom. The normalized spacial score (nSPS) is 22.0. The Kier molecular flexibility index (Phi) is 6.17. The predicted molar refractivity (Wildman–Crippen MR) is 131 cm³/mol. The van der Waals surface area contributed by atoms with Gasteiger partial charge in [0.2, 0.25) is 0 Å². The van der Waals surface area contributed by atoms with Crippen molar-refractivity contribution in [1.82, 2.24) is 4.90 Å². The molecule has 1 aliphatic heterocycles. The summed E-state index contributed by atoms with van der Waals surface area (Å²) in [5.41, 5.74) is 8.87. The van der Waals surface area contributed by atoms with Crippen molar-refractivity contribution in [3.05, 3.63) is 51.3 Å². The first-order chi connectivity index (χ1) is 15.8. The number of nitrogens with two attached hydrogens (primary N) is 1. The average molecular weight is 485 g/mol. The molecule has 6 nitrogen and oxygen atoms in total. The summed E-state index contributed by atoms with van der Waals surface area (Å²) in [4.78, 5) is 41.0. The molecule has 7 heteroatoms. The third kappa shape index (κ3) is 4.40. The van der Waals surface area contributed by atoms with Gasteiger partial charge < -0.3 is 15.4 Å². The van der Waals surface area contributed by atoms with Crippen LogP contribution in [0.15, 0.2) is 40.7 Å². The Morgan fingerprint density at radius 1 is 1.03 bits per heavy atom. The maximum atomic E-state index is 13.7. The first kappa shape index (κ1) is 24.5. The summed E-state index contributed by atoms with van der Waals surface area (Å²) >= 11 is 6.41. The zero-order valence-electron chi connectivity index (χ0n) is 20.6. The molecule has 0 fully saturated rings. The SMILES string of the molecule is CCN1C2=C(C(=O)CC(C)(C)C2)C(c2cc(Cl)ccc2OCC(N)=O)C2=C1CC(C)(C)CC2=O. The molecule has 0 saturated heterocycles. The van der Waals surface area contributed by atoms with Crippen molar-refractivity contribution in [2.75, 3.05) is 13.2 Å². The summed E-state index contributed by atoms with van der Waals surface area (Å²) in [7, 11) is 0. The third-order valence-electron chi connectivity index (χ3n) is 6.99. The molecule has 1 heterocycles. The van der Waals surface area contributed by atoms with Crippen LogP contribution in [-0.2, 0) is 14.4 Å². The van der Waals surface area contributed by atoms with E-state index in [1.165, 1.54) is 0 Å². The number of carbonyl (C=O) groups excluding carboxylic acids is 3. The fourth-order valence-electron chi connectivity index (χ4n) is 5.77. The van der Waals surface area contributed by atoms with Crippen LogP contribution < -0.4 is 10.5 Å². The Balaban J connectivity index is 2.00. The van der Waals surface area contributed by atoms with Crippen LogP contribution in [0.5, 0.6) is 5.75 Å². The number of hydrogen-bond donors (Lipinski definition) is 1. The highest BCUT2D eigenvalue weighted by Gasteiger charge is 2.49. The smallest absolute Gasteiger partial charge is 0.255 e. The fraction of sp³-hybridized carbons (Fsp3) is 0.519. The van der Waals surface area contributed by atoms with Crippen LogP contribution in [0.1, 0.15) is 71.8 Å². The van der Waals surface area contributed by atoms with Gasteiger partial charge in [-0.3, -0.25) is 14.4 Å². The molecule has 3 aliphatic rings. The lowest BCUT2D eigenvalue weighted by atomic mass is 9.63. The Morgan fingerprint density at radius 3 is 2.03 bits per heavy atom. The highest BCUT2D eigenvalue weighted by molar-refractivity contribution is 6.30. The lowest BCUT2D eigenvalue weighted by Crippen LogP contribution is -2.44. The quantitative estimate of drug-likeness (QED) is 0.641. The van der Waals surface area contributed by atoms with Crippen LogP contribution in [0, 0.1) is 10.8 Å². The Labute approximate surface area is 206 Å². The van der Waals surface area contributed by atoms with Crippen molar-refractivity contribution in [3.8, 4) is 5.75 Å². The zero-order chi connectivity index (χ0) is 25.0. The van der Waals surface area contributed by atoms with Gasteiger partial charge in [-0.25, -0.2) is 0 Å². The van der Waals surface area contributed by atoms with Crippen LogP contribution >= 0.6 is 11.6 Å². The number of carbonyl (C=O) groups is 3. The molecule has 4 rings (SSSR count). The average Bonchev–Trinajstić information content (AvgIpc) is 2.69. The highest BCUT2D eigenvalue weighted by Crippen LogP contribution is 2.55. The van der Waals surface area contributed by atoms with Crippen molar-refractivity contribution in [3.63, 3.8) is 0 Å². The molecule has 0 atom stereocenters. The lowest BCUT2D eigenvalue weighted by molar-refractivity contribution is -0.121. The van der Waals surface area contributed by atoms with E-state index in [1.807, 2.05) is 0 Å². The van der Waals surface area contributed by atoms with Crippen LogP contribution in [0.2, 0.25) is 5.02 Å². The van der Waals surface area contributed by atoms with Gasteiger partial charge in [-0.2, -0.15) is 0 Å². The maximum Gasteiger partial charge on any atom is 0.255 e. The second-order valence-electron chi connectivity index (χ2n) is 11.2. The summed E-state index contributed by atoms with van der Waals surface area (Å²) < 4.78 is 5.76. The number of amides is 1. The number of rotatable bonds is 5. The topological polar surface area (TPSA) is 89.7 Å². The molecule has 0 saturated carbocycles. The number of nitrogens with zero attached hydrogens (tertiary/aromatic N) is 1. The number of ether oxygens (including phenoxy) is 1. The molecule has 0 spiro atoms. The monoisotopic (exact) mass is 484 g/mol. The molecule has 0 unspecified atom stereocenters. The lowest BCUT2D eigenvalue weighted by Gasteiger charge is -2.49. The number of Topliss-reactive ketones (excluding diaryl/α,β-unsaturated/α-hetero) is 2. The molecule has 0 radical (unpaired) electrons. The van der Waals surface area contributed by atoms with Crippen LogP contribution in [0.4, 0.5) is 0 Å². The van der Waals surface area contributed by atoms with E-state index >= 15 is 0 Å². The highest BCUT2D eigenvalue weighted by atomic mass is 35.5. The Bertz CT molecular complexity index is 1090. The first-order valence-corrected chi connectivity index (χ1v) is 12.2. The largest absolute Gasteiger partial charge is 0.483 e. The van der Waals surface area contributed by atoms with E-state index in [4.69, 9.17) is 22.1 Å². The van der Waals surface area contributed by atoms with Crippen molar-refractivity contribution in [2.45, 2.75) is 66.2 Å². The van der Waals surface area contributed by atoms with Crippen molar-refractivity contribution in [1.29, 1.82) is 0 Å². The van der Waals surface area contributed by atoms with Gasteiger partial charge in [-0.15, -0.1) is 0 Å². The van der Waals surface area contributed by atoms with Gasteiger partial charge in [0, 0.05) is 58.4 Å². The van der Waals surface area contributed by atoms with Crippen molar-refractivity contribution in [2.24, 2.45) is 16.6 Å². The standard InChI is InChI=1S/C27H33ClN2O4/c1-6-30-17-10-26(2,3)12-19(31)24(17)23(25-18(30)11-27(4,5)13-20(25)32)16-9-15(28)7-8-21(16)34-14-22(29)33/h7-9,23H,6,10-14H2,1-5H3,(H2,29,33). The van der Waals surface area contributed by atoms with Crippen LogP contribution in [0.3, 0.4) is 0 Å². The molecule has 1 amide bonds. The minimum absolute atomic E-state index is 0.0414. The first-order valence-electron chi connectivity index (χ1n) is 11.8. The number of ketones is 2. The minimum atomic E-state index is -0.604. The molecule has 34 heavy (non-hydrogen) atoms. The summed E-state index contributed by atoms with van der Waals surface area (Å²) in [5.74, 6) is -0.694. The number of benzene rings is 1. The van der Waals surface area contributed by atoms with Gasteiger partial charge in [-0.1, -0.05) is 39.3 Å². The van der Waals surface area contributed by atoms with E-state index < -0.39 is 11.8 Å². The third-order valence-corrected chi connectivity index (χ3v) is 7.23. The second-order valence-corrected chi connectivity index (χ2v) is 11.7. The number of primary amides is 1. The van der Waals surface area contributed by atoms with Gasteiger partial charge in [0.25, 0.3) is 5.91 Å². The van der Waals surface area contributed by atoms with E-state index in [0.29, 0.717) is 46.9 Å². The molecular formula is C27H33ClN2O4. The van der Waals surface area contributed by atoms with Crippen molar-refractivity contribution < 1.29 is 19.1 Å². The van der Waals surface area contributed by atoms with Crippen LogP contribution in [0.25, 0.3) is 0 Å². The molecule has 1 aromatic carbocycles. The van der Waals surface area contributed by atoms with Crippen molar-refractivity contribution >= 4 is 29.1 Å². The molecule has 2 aliphatic carbocycles. The van der Waals surface area contributed by atoms with E-state index in [1.54, 1.807) is 18.2 Å². The van der Waals surface area contributed by atoms with Gasteiger partial charge >= 0.3 is 0 Å². The number of hydrogen-bond acceptors (Lipinski definition) is 5. The zero-order valence-corrected chi connectivity index (χ0v) is 21.3. The molecular weight excluding hydrogens is 452 g/mol.